The molecule has 3 N–H and O–H groups in total. The molecular weight excluding hydrogens is 566 g/mol. The second-order valence-electron chi connectivity index (χ2n) is 15.0. The van der Waals surface area contributed by atoms with Gasteiger partial charge in [0.15, 0.2) is 0 Å². The summed E-state index contributed by atoms with van der Waals surface area (Å²) in [6, 6.07) is -0.530. The fourth-order valence-electron chi connectivity index (χ4n) is 6.75. The molecule has 0 spiro atoms. The monoisotopic (exact) mass is 652 g/mol. The summed E-state index contributed by atoms with van der Waals surface area (Å²) in [4.78, 5) is 12.4. The topological polar surface area (TPSA) is 69.6 Å². The molecule has 0 heterocycles. The lowest BCUT2D eigenvalue weighted by Crippen LogP contribution is -2.45. The van der Waals surface area contributed by atoms with E-state index >= 15 is 0 Å². The van der Waals surface area contributed by atoms with Gasteiger partial charge in [0.2, 0.25) is 5.91 Å². The summed E-state index contributed by atoms with van der Waals surface area (Å²) < 4.78 is 0. The molecule has 0 rings (SSSR count). The van der Waals surface area contributed by atoms with Crippen molar-refractivity contribution in [1.29, 1.82) is 0 Å². The van der Waals surface area contributed by atoms with E-state index in [0.29, 0.717) is 12.8 Å². The fourth-order valence-corrected chi connectivity index (χ4v) is 6.75. The van der Waals surface area contributed by atoms with Crippen LogP contribution < -0.4 is 5.32 Å². The third-order valence-corrected chi connectivity index (χ3v) is 10.4. The molecule has 1 amide bonds. The molecule has 0 radical (unpaired) electrons. The van der Waals surface area contributed by atoms with Crippen LogP contribution in [0.5, 0.6) is 0 Å². The largest absolute Gasteiger partial charge is 0.394 e. The number of hydrogen-bond donors (Lipinski definition) is 3. The van der Waals surface area contributed by atoms with Gasteiger partial charge in [-0.2, -0.15) is 0 Å². The van der Waals surface area contributed by atoms with E-state index in [1.54, 1.807) is 0 Å². The van der Waals surface area contributed by atoms with E-state index in [0.717, 1.165) is 31.6 Å². The van der Waals surface area contributed by atoms with E-state index in [9.17, 15) is 15.0 Å². The van der Waals surface area contributed by atoms with Crippen molar-refractivity contribution in [3.05, 3.63) is 0 Å². The summed E-state index contributed by atoms with van der Waals surface area (Å²) >= 11 is 0. The van der Waals surface area contributed by atoms with Gasteiger partial charge < -0.3 is 15.5 Å². The van der Waals surface area contributed by atoms with Crippen molar-refractivity contribution >= 4 is 5.91 Å². The standard InChI is InChI=1S/C42H85NO3/c1-4-6-7-8-9-10-11-12-13-14-15-16-17-18-19-20-21-22-23-28-31-34-37-42(46)43-40(38-44)41(45)36-33-30-27-25-24-26-29-32-35-39(3)5-2/h39-41,44-45H,4-38H2,1-3H3,(H,43,46)/t39?,40-,41+/m0/s1. The zero-order chi connectivity index (χ0) is 33.8. The highest BCUT2D eigenvalue weighted by Gasteiger charge is 2.20. The number of hydrogen-bond acceptors (Lipinski definition) is 3. The maximum absolute atomic E-state index is 12.4. The second-order valence-corrected chi connectivity index (χ2v) is 15.0. The first kappa shape index (κ1) is 45.4. The number of unbranched alkanes of at least 4 members (excludes halogenated alkanes) is 28. The minimum Gasteiger partial charge on any atom is -0.394 e. The number of aliphatic hydroxyl groups excluding tert-OH is 2. The molecule has 0 aliphatic rings. The van der Waals surface area contributed by atoms with E-state index in [4.69, 9.17) is 0 Å². The summed E-state index contributed by atoms with van der Waals surface area (Å²) in [5.41, 5.74) is 0. The molecule has 0 bridgehead atoms. The van der Waals surface area contributed by atoms with Crippen LogP contribution in [0.15, 0.2) is 0 Å². The smallest absolute Gasteiger partial charge is 0.220 e. The van der Waals surface area contributed by atoms with Crippen LogP contribution in [0.25, 0.3) is 0 Å². The molecule has 0 aliphatic carbocycles. The molecule has 0 aromatic carbocycles. The number of amides is 1. The second kappa shape index (κ2) is 37.2. The molecular formula is C42H85NO3. The van der Waals surface area contributed by atoms with Crippen LogP contribution in [-0.4, -0.2) is 34.9 Å². The van der Waals surface area contributed by atoms with Gasteiger partial charge in [-0.1, -0.05) is 220 Å². The third kappa shape index (κ3) is 33.3. The van der Waals surface area contributed by atoms with Gasteiger partial charge in [-0.25, -0.2) is 0 Å². The number of nitrogens with one attached hydrogen (secondary N) is 1. The van der Waals surface area contributed by atoms with Gasteiger partial charge >= 0.3 is 0 Å². The molecule has 276 valence electrons. The summed E-state index contributed by atoms with van der Waals surface area (Å²) in [7, 11) is 0. The molecule has 3 atom stereocenters. The van der Waals surface area contributed by atoms with Crippen molar-refractivity contribution < 1.29 is 15.0 Å². The lowest BCUT2D eigenvalue weighted by atomic mass is 9.99. The molecule has 46 heavy (non-hydrogen) atoms. The van der Waals surface area contributed by atoms with Gasteiger partial charge in [0, 0.05) is 6.42 Å². The highest BCUT2D eigenvalue weighted by Crippen LogP contribution is 2.17. The van der Waals surface area contributed by atoms with Crippen LogP contribution in [0.4, 0.5) is 0 Å². The Bertz CT molecular complexity index is 597. The highest BCUT2D eigenvalue weighted by atomic mass is 16.3. The molecule has 0 aromatic rings. The third-order valence-electron chi connectivity index (χ3n) is 10.4. The van der Waals surface area contributed by atoms with Crippen LogP contribution in [0.1, 0.15) is 239 Å². The van der Waals surface area contributed by atoms with E-state index in [1.807, 2.05) is 0 Å². The van der Waals surface area contributed by atoms with Crippen LogP contribution >= 0.6 is 0 Å². The molecule has 0 saturated carbocycles. The van der Waals surface area contributed by atoms with Crippen molar-refractivity contribution in [2.24, 2.45) is 5.92 Å². The van der Waals surface area contributed by atoms with Gasteiger partial charge in [-0.3, -0.25) is 4.79 Å². The Morgan fingerprint density at radius 2 is 0.826 bits per heavy atom. The first-order chi connectivity index (χ1) is 22.5. The van der Waals surface area contributed by atoms with E-state index in [-0.39, 0.29) is 12.5 Å². The minimum atomic E-state index is -0.654. The van der Waals surface area contributed by atoms with E-state index in [1.165, 1.54) is 180 Å². The fraction of sp³-hybridized carbons (Fsp3) is 0.976. The van der Waals surface area contributed by atoms with Gasteiger partial charge in [0.25, 0.3) is 0 Å². The Morgan fingerprint density at radius 3 is 1.17 bits per heavy atom. The summed E-state index contributed by atoms with van der Waals surface area (Å²) in [5.74, 6) is 0.844. The first-order valence-electron chi connectivity index (χ1n) is 21.1. The van der Waals surface area contributed by atoms with Gasteiger partial charge in [-0.15, -0.1) is 0 Å². The quantitative estimate of drug-likeness (QED) is 0.0582. The Labute approximate surface area is 289 Å². The van der Waals surface area contributed by atoms with Crippen LogP contribution in [0.2, 0.25) is 0 Å². The van der Waals surface area contributed by atoms with E-state index < -0.39 is 12.1 Å². The average molecular weight is 652 g/mol. The maximum Gasteiger partial charge on any atom is 0.220 e. The van der Waals surface area contributed by atoms with Gasteiger partial charge in [0.1, 0.15) is 0 Å². The van der Waals surface area contributed by atoms with Crippen molar-refractivity contribution in [2.45, 2.75) is 251 Å². The Balaban J connectivity index is 3.46. The van der Waals surface area contributed by atoms with Gasteiger partial charge in [0.05, 0.1) is 18.8 Å². The lowest BCUT2D eigenvalue weighted by molar-refractivity contribution is -0.123. The van der Waals surface area contributed by atoms with Gasteiger partial charge in [-0.05, 0) is 18.8 Å². The normalized spacial score (nSPS) is 13.6. The molecule has 4 heteroatoms. The molecule has 0 fully saturated rings. The predicted octanol–water partition coefficient (Wildman–Crippen LogP) is 12.8. The number of carbonyl (C=O) groups excluding carboxylic acids is 1. The zero-order valence-electron chi connectivity index (χ0n) is 31.8. The highest BCUT2D eigenvalue weighted by molar-refractivity contribution is 5.76. The van der Waals surface area contributed by atoms with Crippen molar-refractivity contribution in [3.8, 4) is 0 Å². The van der Waals surface area contributed by atoms with Crippen molar-refractivity contribution in [1.82, 2.24) is 5.32 Å². The Kier molecular flexibility index (Phi) is 36.7. The molecule has 0 aliphatic heterocycles. The summed E-state index contributed by atoms with van der Waals surface area (Å²) in [6.45, 7) is 6.73. The summed E-state index contributed by atoms with van der Waals surface area (Å²) in [6.07, 6.45) is 43.1. The number of rotatable bonds is 38. The van der Waals surface area contributed by atoms with Crippen LogP contribution in [-0.2, 0) is 4.79 Å². The summed E-state index contributed by atoms with van der Waals surface area (Å²) in [5, 5.41) is 23.1. The van der Waals surface area contributed by atoms with Crippen LogP contribution in [0.3, 0.4) is 0 Å². The molecule has 0 saturated heterocycles. The first-order valence-corrected chi connectivity index (χ1v) is 21.1. The SMILES string of the molecule is CCCCCCCCCCCCCCCCCCCCCCCCC(=O)N[C@@H](CO)[C@H](O)CCCCCCCCCCC(C)CC. The zero-order valence-corrected chi connectivity index (χ0v) is 31.8. The number of carbonyl (C=O) groups is 1. The lowest BCUT2D eigenvalue weighted by Gasteiger charge is -2.22. The Morgan fingerprint density at radius 1 is 0.500 bits per heavy atom. The average Bonchev–Trinajstić information content (AvgIpc) is 3.06. The van der Waals surface area contributed by atoms with Crippen molar-refractivity contribution in [3.63, 3.8) is 0 Å². The maximum atomic E-state index is 12.4. The van der Waals surface area contributed by atoms with Crippen LogP contribution in [0, 0.1) is 5.92 Å². The molecule has 1 unspecified atom stereocenters. The molecule has 0 aromatic heterocycles. The van der Waals surface area contributed by atoms with Crippen molar-refractivity contribution in [2.75, 3.05) is 6.61 Å². The predicted molar refractivity (Wildman–Crippen MR) is 203 cm³/mol. The number of aliphatic hydroxyl groups is 2. The molecule has 4 nitrogen and oxygen atoms in total. The Hall–Kier alpha value is -0.610. The van der Waals surface area contributed by atoms with E-state index in [2.05, 4.69) is 26.1 Å². The minimum absolute atomic E-state index is 0.0282.